The summed E-state index contributed by atoms with van der Waals surface area (Å²) in [6.45, 7) is 0. The lowest BCUT2D eigenvalue weighted by atomic mass is 10.1. The van der Waals surface area contributed by atoms with Crippen LogP contribution >= 0.6 is 0 Å². The molecule has 0 unspecified atom stereocenters. The van der Waals surface area contributed by atoms with Crippen LogP contribution < -0.4 is 16.6 Å². The summed E-state index contributed by atoms with van der Waals surface area (Å²) < 4.78 is 0. The number of hydrogen-bond acceptors (Lipinski definition) is 5. The highest BCUT2D eigenvalue weighted by Crippen LogP contribution is 2.02. The van der Waals surface area contributed by atoms with Crippen molar-refractivity contribution in [1.82, 2.24) is 10.9 Å². The van der Waals surface area contributed by atoms with Gasteiger partial charge in [-0.15, -0.1) is 5.10 Å². The molecule has 0 bridgehead atoms. The fraction of sp³-hybridized carbons (Fsp3) is 0.200. The largest absolute Gasteiger partial charge is 0.367 e. The lowest BCUT2D eigenvalue weighted by Gasteiger charge is -2.11. The Bertz CT molecular complexity index is 382. The number of nitrogens with one attached hydrogen (secondary N) is 2. The molecule has 15 heavy (non-hydrogen) atoms. The van der Waals surface area contributed by atoms with Gasteiger partial charge in [-0.25, -0.2) is 5.43 Å². The summed E-state index contributed by atoms with van der Waals surface area (Å²) in [5.41, 5.74) is 12.1. The summed E-state index contributed by atoms with van der Waals surface area (Å²) in [5, 5.41) is 7.85. The number of guanidine groups is 1. The molecule has 0 atom stereocenters. The fourth-order valence-electron chi connectivity index (χ4n) is 1.32. The maximum Gasteiger partial charge on any atom is 0.232 e. The van der Waals surface area contributed by atoms with Gasteiger partial charge >= 0.3 is 0 Å². The van der Waals surface area contributed by atoms with Crippen LogP contribution in [-0.2, 0) is 6.42 Å². The van der Waals surface area contributed by atoms with E-state index in [4.69, 9.17) is 5.73 Å². The molecule has 1 aromatic carbocycles. The van der Waals surface area contributed by atoms with Crippen LogP contribution in [0.15, 0.2) is 40.5 Å². The van der Waals surface area contributed by atoms with Crippen molar-refractivity contribution in [3.63, 3.8) is 0 Å². The first kappa shape index (κ1) is 9.51. The molecular formula is C10H13N5. The molecule has 1 heterocycles. The predicted octanol–water partition coefficient (Wildman–Crippen LogP) is 0.355. The molecule has 0 fully saturated rings. The van der Waals surface area contributed by atoms with Crippen molar-refractivity contribution in [3.8, 4) is 0 Å². The molecule has 5 nitrogen and oxygen atoms in total. The summed E-state index contributed by atoms with van der Waals surface area (Å²) in [6.07, 6.45) is 1.75. The molecule has 0 aliphatic carbocycles. The normalized spacial score (nSPS) is 14.7. The van der Waals surface area contributed by atoms with Gasteiger partial charge in [0.1, 0.15) is 5.84 Å². The predicted molar refractivity (Wildman–Crippen MR) is 60.1 cm³/mol. The van der Waals surface area contributed by atoms with Gasteiger partial charge in [0.2, 0.25) is 5.96 Å². The maximum absolute atomic E-state index is 5.37. The van der Waals surface area contributed by atoms with Crippen molar-refractivity contribution in [2.24, 2.45) is 15.9 Å². The Balaban J connectivity index is 1.85. The van der Waals surface area contributed by atoms with Crippen molar-refractivity contribution in [1.29, 1.82) is 0 Å². The SMILES string of the molecule is NC1=NNC(CCc2ccccc2)=NN1. The molecule has 1 aromatic rings. The Morgan fingerprint density at radius 3 is 2.47 bits per heavy atom. The van der Waals surface area contributed by atoms with Gasteiger partial charge in [0.15, 0.2) is 0 Å². The van der Waals surface area contributed by atoms with Gasteiger partial charge in [-0.05, 0) is 12.0 Å². The minimum atomic E-state index is 0.290. The highest BCUT2D eigenvalue weighted by molar-refractivity contribution is 5.89. The van der Waals surface area contributed by atoms with E-state index in [-0.39, 0.29) is 0 Å². The molecule has 0 aromatic heterocycles. The van der Waals surface area contributed by atoms with Crippen LogP contribution in [-0.4, -0.2) is 11.8 Å². The van der Waals surface area contributed by atoms with Gasteiger partial charge in [0.05, 0.1) is 0 Å². The molecule has 0 radical (unpaired) electrons. The highest BCUT2D eigenvalue weighted by atomic mass is 15.5. The first-order valence-corrected chi connectivity index (χ1v) is 4.80. The van der Waals surface area contributed by atoms with E-state index in [0.717, 1.165) is 18.7 Å². The third-order valence-corrected chi connectivity index (χ3v) is 2.10. The van der Waals surface area contributed by atoms with E-state index in [9.17, 15) is 0 Å². The van der Waals surface area contributed by atoms with Crippen LogP contribution in [0.1, 0.15) is 12.0 Å². The third-order valence-electron chi connectivity index (χ3n) is 2.10. The van der Waals surface area contributed by atoms with Crippen LogP contribution in [0.2, 0.25) is 0 Å². The van der Waals surface area contributed by atoms with E-state index in [1.54, 1.807) is 0 Å². The lowest BCUT2D eigenvalue weighted by molar-refractivity contribution is 0.829. The molecule has 0 amide bonds. The molecule has 0 saturated carbocycles. The van der Waals surface area contributed by atoms with Gasteiger partial charge in [-0.1, -0.05) is 30.3 Å². The number of rotatable bonds is 3. The number of benzene rings is 1. The fourth-order valence-corrected chi connectivity index (χ4v) is 1.32. The van der Waals surface area contributed by atoms with Gasteiger partial charge in [-0.2, -0.15) is 5.10 Å². The average molecular weight is 203 g/mol. The first-order valence-electron chi connectivity index (χ1n) is 4.80. The van der Waals surface area contributed by atoms with E-state index >= 15 is 0 Å². The zero-order chi connectivity index (χ0) is 10.5. The molecular weight excluding hydrogens is 190 g/mol. The number of nitrogens with two attached hydrogens (primary N) is 1. The maximum atomic E-state index is 5.37. The highest BCUT2D eigenvalue weighted by Gasteiger charge is 2.04. The minimum Gasteiger partial charge on any atom is -0.367 e. The number of aryl methyl sites for hydroxylation is 1. The van der Waals surface area contributed by atoms with Crippen LogP contribution in [0.3, 0.4) is 0 Å². The quantitative estimate of drug-likeness (QED) is 0.663. The third kappa shape index (κ3) is 2.70. The number of hydrazone groups is 2. The van der Waals surface area contributed by atoms with Crippen molar-refractivity contribution >= 4 is 11.8 Å². The number of nitrogens with zero attached hydrogens (tertiary/aromatic N) is 2. The Kier molecular flexibility index (Phi) is 2.82. The topological polar surface area (TPSA) is 74.8 Å². The Hall–Kier alpha value is -2.04. The Morgan fingerprint density at radius 1 is 1.00 bits per heavy atom. The second-order valence-electron chi connectivity index (χ2n) is 3.26. The molecule has 1 aliphatic rings. The van der Waals surface area contributed by atoms with Crippen LogP contribution in [0.25, 0.3) is 0 Å². The summed E-state index contributed by atoms with van der Waals surface area (Å²) >= 11 is 0. The zero-order valence-corrected chi connectivity index (χ0v) is 8.27. The van der Waals surface area contributed by atoms with E-state index in [2.05, 4.69) is 33.2 Å². The first-order chi connectivity index (χ1) is 7.34. The molecule has 0 saturated heterocycles. The second kappa shape index (κ2) is 4.45. The van der Waals surface area contributed by atoms with E-state index in [0.29, 0.717) is 5.96 Å². The van der Waals surface area contributed by atoms with Crippen molar-refractivity contribution in [2.45, 2.75) is 12.8 Å². The molecule has 1 aliphatic heterocycles. The molecule has 5 heteroatoms. The minimum absolute atomic E-state index is 0.290. The zero-order valence-electron chi connectivity index (χ0n) is 8.27. The average Bonchev–Trinajstić information content (AvgIpc) is 2.30. The van der Waals surface area contributed by atoms with Crippen LogP contribution in [0, 0.1) is 0 Å². The van der Waals surface area contributed by atoms with E-state index < -0.39 is 0 Å². The van der Waals surface area contributed by atoms with Gasteiger partial charge < -0.3 is 5.73 Å². The van der Waals surface area contributed by atoms with Crippen molar-refractivity contribution in [2.75, 3.05) is 0 Å². The lowest BCUT2D eigenvalue weighted by Crippen LogP contribution is -2.38. The standard InChI is InChI=1S/C10H13N5/c11-10-14-12-9(13-15-10)7-6-8-4-2-1-3-5-8/h1-5H,6-7H2,(H,12,13)(H3,11,14,15). The van der Waals surface area contributed by atoms with Crippen molar-refractivity contribution in [3.05, 3.63) is 35.9 Å². The Labute approximate surface area is 88.1 Å². The van der Waals surface area contributed by atoms with Gasteiger partial charge in [0, 0.05) is 6.42 Å². The summed E-state index contributed by atoms with van der Waals surface area (Å²) in [5.74, 6) is 1.09. The number of amidine groups is 1. The summed E-state index contributed by atoms with van der Waals surface area (Å²) in [7, 11) is 0. The summed E-state index contributed by atoms with van der Waals surface area (Å²) in [6, 6.07) is 10.2. The van der Waals surface area contributed by atoms with Gasteiger partial charge in [-0.3, -0.25) is 5.43 Å². The van der Waals surface area contributed by atoms with Crippen LogP contribution in [0.4, 0.5) is 0 Å². The van der Waals surface area contributed by atoms with E-state index in [1.165, 1.54) is 5.56 Å². The van der Waals surface area contributed by atoms with E-state index in [1.807, 2.05) is 18.2 Å². The molecule has 4 N–H and O–H groups in total. The monoisotopic (exact) mass is 203 g/mol. The molecule has 0 spiro atoms. The summed E-state index contributed by atoms with van der Waals surface area (Å²) in [4.78, 5) is 0. The Morgan fingerprint density at radius 2 is 1.80 bits per heavy atom. The molecule has 2 rings (SSSR count). The van der Waals surface area contributed by atoms with Crippen LogP contribution in [0.5, 0.6) is 0 Å². The second-order valence-corrected chi connectivity index (χ2v) is 3.26. The smallest absolute Gasteiger partial charge is 0.232 e. The number of hydrogen-bond donors (Lipinski definition) is 3. The van der Waals surface area contributed by atoms with Gasteiger partial charge in [0.25, 0.3) is 0 Å². The molecule has 78 valence electrons. The van der Waals surface area contributed by atoms with Crippen molar-refractivity contribution < 1.29 is 0 Å².